The number of alkyl halides is 3. The average molecular weight is 610 g/mol. The summed E-state index contributed by atoms with van der Waals surface area (Å²) >= 11 is 0. The topological polar surface area (TPSA) is 91.2 Å². The highest BCUT2D eigenvalue weighted by Gasteiger charge is 2.35. The number of hydrogen-bond donors (Lipinski definition) is 1. The molecule has 0 saturated heterocycles. The second kappa shape index (κ2) is 13.8. The summed E-state index contributed by atoms with van der Waals surface area (Å²) < 4.78 is 53.9. The normalized spacial score (nSPS) is 12.1. The number of hydrogen-bond acceptors (Lipinski definition) is 7. The average Bonchev–Trinajstić information content (AvgIpc) is 3.43. The van der Waals surface area contributed by atoms with Crippen LogP contribution in [0.5, 0.6) is 0 Å². The molecule has 0 bridgehead atoms. The molecule has 4 aromatic rings. The van der Waals surface area contributed by atoms with Crippen molar-refractivity contribution in [3.05, 3.63) is 84.3 Å². The van der Waals surface area contributed by atoms with Crippen molar-refractivity contribution in [2.75, 3.05) is 18.5 Å². The minimum atomic E-state index is -4.67. The van der Waals surface area contributed by atoms with Crippen molar-refractivity contribution in [2.24, 2.45) is 0 Å². The zero-order valence-electron chi connectivity index (χ0n) is 24.5. The van der Waals surface area contributed by atoms with Gasteiger partial charge < -0.3 is 14.8 Å². The number of carbonyl (C=O) groups is 1. The Hall–Kier alpha value is -4.29. The van der Waals surface area contributed by atoms with Crippen LogP contribution in [0.15, 0.2) is 73.2 Å². The molecule has 43 heavy (non-hydrogen) atoms. The number of carbonyl (C=O) groups excluding carboxylic acids is 1. The Kier molecular flexibility index (Phi) is 10.1. The fourth-order valence-corrected chi connectivity index (χ4v) is 4.72. The first-order chi connectivity index (χ1) is 20.4. The van der Waals surface area contributed by atoms with Crippen LogP contribution in [0.2, 0.25) is 25.7 Å². The third-order valence-corrected chi connectivity index (χ3v) is 7.98. The molecule has 2 heterocycles. The van der Waals surface area contributed by atoms with Gasteiger partial charge in [-0.25, -0.2) is 19.4 Å². The lowest BCUT2D eigenvalue weighted by atomic mass is 10.1. The van der Waals surface area contributed by atoms with Crippen LogP contribution in [0, 0.1) is 0 Å². The van der Waals surface area contributed by atoms with Crippen molar-refractivity contribution in [1.82, 2.24) is 19.7 Å². The Morgan fingerprint density at radius 3 is 2.51 bits per heavy atom. The summed E-state index contributed by atoms with van der Waals surface area (Å²) in [7, 11) is -1.17. The van der Waals surface area contributed by atoms with Crippen LogP contribution in [-0.2, 0) is 27.2 Å². The van der Waals surface area contributed by atoms with Gasteiger partial charge in [-0.2, -0.15) is 18.3 Å². The SMILES string of the molecule is CCOC(=O)/C=C/c1cccc(-c2ncc(C(F)(F)F)c(Nc3ccc(-c4cnn(COCC[Si](C)(C)C)c4)cc3)n2)c1. The summed E-state index contributed by atoms with van der Waals surface area (Å²) in [5.41, 5.74) is 2.27. The maximum Gasteiger partial charge on any atom is 0.421 e. The Morgan fingerprint density at radius 1 is 1.05 bits per heavy atom. The molecule has 0 fully saturated rings. The van der Waals surface area contributed by atoms with E-state index in [0.717, 1.165) is 23.4 Å². The first-order valence-electron chi connectivity index (χ1n) is 13.8. The van der Waals surface area contributed by atoms with Gasteiger partial charge in [0.1, 0.15) is 18.1 Å². The van der Waals surface area contributed by atoms with Gasteiger partial charge in [0.25, 0.3) is 0 Å². The number of rotatable bonds is 12. The van der Waals surface area contributed by atoms with E-state index in [-0.39, 0.29) is 18.2 Å². The standard InChI is InChI=1S/C31H34F3N5O3Si/c1-5-42-28(40)14-9-22-7-6-8-24(17-22)29-35-19-27(31(32,33)34)30(38-29)37-26-12-10-23(11-13-26)25-18-36-39(20-25)21-41-15-16-43(2,3)4/h6-14,17-20H,5,15-16,21H2,1-4H3,(H,35,37,38)/b14-9+. The molecule has 2 aromatic carbocycles. The second-order valence-electron chi connectivity index (χ2n) is 11.0. The lowest BCUT2D eigenvalue weighted by molar-refractivity contribution is -0.138. The highest BCUT2D eigenvalue weighted by Crippen LogP contribution is 2.36. The van der Waals surface area contributed by atoms with Gasteiger partial charge in [0.05, 0.1) is 12.8 Å². The fourth-order valence-electron chi connectivity index (χ4n) is 3.96. The number of halogens is 3. The van der Waals surface area contributed by atoms with Crippen molar-refractivity contribution >= 4 is 31.6 Å². The molecule has 226 valence electrons. The third-order valence-electron chi connectivity index (χ3n) is 6.27. The van der Waals surface area contributed by atoms with Gasteiger partial charge >= 0.3 is 12.1 Å². The summed E-state index contributed by atoms with van der Waals surface area (Å²) in [6, 6.07) is 14.8. The van der Waals surface area contributed by atoms with Crippen LogP contribution in [0.4, 0.5) is 24.7 Å². The molecule has 0 aliphatic carbocycles. The number of nitrogens with one attached hydrogen (secondary N) is 1. The van der Waals surface area contributed by atoms with Crippen LogP contribution in [0.3, 0.4) is 0 Å². The predicted octanol–water partition coefficient (Wildman–Crippen LogP) is 7.66. The van der Waals surface area contributed by atoms with Crippen molar-refractivity contribution in [3.63, 3.8) is 0 Å². The molecule has 4 rings (SSSR count). The quantitative estimate of drug-likeness (QED) is 0.0763. The molecule has 2 aromatic heterocycles. The maximum absolute atomic E-state index is 13.9. The lowest BCUT2D eigenvalue weighted by Crippen LogP contribution is -2.22. The molecule has 0 spiro atoms. The predicted molar refractivity (Wildman–Crippen MR) is 163 cm³/mol. The molecule has 12 heteroatoms. The van der Waals surface area contributed by atoms with E-state index in [1.807, 2.05) is 6.20 Å². The molecule has 8 nitrogen and oxygen atoms in total. The molecule has 0 radical (unpaired) electrons. The number of esters is 1. The smallest absolute Gasteiger partial charge is 0.421 e. The number of benzene rings is 2. The van der Waals surface area contributed by atoms with Crippen LogP contribution in [0.1, 0.15) is 18.1 Å². The Bertz CT molecular complexity index is 1560. The minimum absolute atomic E-state index is 0.0954. The summed E-state index contributed by atoms with van der Waals surface area (Å²) in [6.45, 7) is 9.88. The number of ether oxygens (including phenoxy) is 2. The minimum Gasteiger partial charge on any atom is -0.463 e. The molecule has 0 aliphatic rings. The molecule has 0 aliphatic heterocycles. The third kappa shape index (κ3) is 9.35. The van der Waals surface area contributed by atoms with Gasteiger partial charge in [-0.15, -0.1) is 0 Å². The Labute approximate surface area is 249 Å². The summed E-state index contributed by atoms with van der Waals surface area (Å²) in [6.07, 6.45) is 2.51. The van der Waals surface area contributed by atoms with E-state index < -0.39 is 25.8 Å². The molecule has 0 atom stereocenters. The molecule has 0 saturated carbocycles. The number of aromatic nitrogens is 4. The van der Waals surface area contributed by atoms with E-state index in [2.05, 4.69) is 40.0 Å². The summed E-state index contributed by atoms with van der Waals surface area (Å²) in [5.74, 6) is -0.772. The van der Waals surface area contributed by atoms with Crippen molar-refractivity contribution < 1.29 is 27.4 Å². The van der Waals surface area contributed by atoms with E-state index in [1.165, 1.54) is 6.08 Å². The van der Waals surface area contributed by atoms with Gasteiger partial charge in [-0.3, -0.25) is 0 Å². The van der Waals surface area contributed by atoms with Crippen LogP contribution < -0.4 is 5.32 Å². The largest absolute Gasteiger partial charge is 0.463 e. The highest BCUT2D eigenvalue weighted by atomic mass is 28.3. The Morgan fingerprint density at radius 2 is 1.81 bits per heavy atom. The van der Waals surface area contributed by atoms with E-state index >= 15 is 0 Å². The van der Waals surface area contributed by atoms with E-state index in [4.69, 9.17) is 9.47 Å². The van der Waals surface area contributed by atoms with E-state index in [0.29, 0.717) is 30.2 Å². The van der Waals surface area contributed by atoms with Crippen LogP contribution >= 0.6 is 0 Å². The Balaban J connectivity index is 1.50. The molecular formula is C31H34F3N5O3Si. The van der Waals surface area contributed by atoms with Crippen molar-refractivity contribution in [1.29, 1.82) is 0 Å². The van der Waals surface area contributed by atoms with Crippen LogP contribution in [-0.4, -0.2) is 47.0 Å². The van der Waals surface area contributed by atoms with Crippen molar-refractivity contribution in [2.45, 2.75) is 45.5 Å². The number of nitrogens with zero attached hydrogens (tertiary/aromatic N) is 4. The van der Waals surface area contributed by atoms with Crippen molar-refractivity contribution in [3.8, 4) is 22.5 Å². The number of anilines is 2. The zero-order chi connectivity index (χ0) is 31.0. The van der Waals surface area contributed by atoms with Gasteiger partial charge in [-0.1, -0.05) is 50.0 Å². The first-order valence-corrected chi connectivity index (χ1v) is 17.5. The van der Waals surface area contributed by atoms with Gasteiger partial charge in [0, 0.05) is 50.0 Å². The summed E-state index contributed by atoms with van der Waals surface area (Å²) in [4.78, 5) is 19.8. The monoisotopic (exact) mass is 609 g/mol. The van der Waals surface area contributed by atoms with Gasteiger partial charge in [-0.05, 0) is 48.4 Å². The maximum atomic E-state index is 13.9. The fraction of sp³-hybridized carbons (Fsp3) is 0.290. The van der Waals surface area contributed by atoms with E-state index in [1.54, 1.807) is 72.4 Å². The van der Waals surface area contributed by atoms with Gasteiger partial charge in [0.2, 0.25) is 0 Å². The molecular weight excluding hydrogens is 575 g/mol. The van der Waals surface area contributed by atoms with Gasteiger partial charge in [0.15, 0.2) is 5.82 Å². The lowest BCUT2D eigenvalue weighted by Gasteiger charge is -2.15. The molecule has 1 N–H and O–H groups in total. The van der Waals surface area contributed by atoms with Crippen LogP contribution in [0.25, 0.3) is 28.6 Å². The summed E-state index contributed by atoms with van der Waals surface area (Å²) in [5, 5.41) is 7.15. The highest BCUT2D eigenvalue weighted by molar-refractivity contribution is 6.76. The second-order valence-corrected chi connectivity index (χ2v) is 16.6. The molecule has 0 amide bonds. The first kappa shape index (κ1) is 31.6. The van der Waals surface area contributed by atoms with E-state index in [9.17, 15) is 18.0 Å². The molecule has 0 unspecified atom stereocenters. The zero-order valence-corrected chi connectivity index (χ0v) is 25.5.